The number of aryl methyl sites for hydroxylation is 1. The molecule has 0 saturated carbocycles. The van der Waals surface area contributed by atoms with E-state index >= 15 is 0 Å². The van der Waals surface area contributed by atoms with Crippen molar-refractivity contribution in [1.29, 1.82) is 0 Å². The van der Waals surface area contributed by atoms with Crippen LogP contribution in [0.5, 0.6) is 0 Å². The molecule has 2 N–H and O–H groups in total. The molecule has 0 aliphatic rings. The number of hydrogen-bond donors (Lipinski definition) is 2. The van der Waals surface area contributed by atoms with Crippen molar-refractivity contribution in [2.24, 2.45) is 5.41 Å². The third-order valence-electron chi connectivity index (χ3n) is 2.72. The van der Waals surface area contributed by atoms with E-state index in [0.717, 1.165) is 5.56 Å². The second-order valence-corrected chi connectivity index (χ2v) is 6.08. The normalized spacial score (nSPS) is 13.1. The van der Waals surface area contributed by atoms with Crippen LogP contribution in [0.3, 0.4) is 0 Å². The van der Waals surface area contributed by atoms with Gasteiger partial charge >= 0.3 is 0 Å². The molecule has 1 aromatic carbocycles. The van der Waals surface area contributed by atoms with Crippen molar-refractivity contribution in [3.8, 4) is 0 Å². The Morgan fingerprint density at radius 3 is 2.58 bits per heavy atom. The van der Waals surface area contributed by atoms with Crippen LogP contribution in [0.25, 0.3) is 0 Å². The zero-order chi connectivity index (χ0) is 14.6. The number of benzene rings is 1. The molecular weight excluding hydrogens is 244 g/mol. The van der Waals surface area contributed by atoms with Gasteiger partial charge in [0.2, 0.25) is 0 Å². The lowest BCUT2D eigenvalue weighted by atomic mass is 9.89. The Morgan fingerprint density at radius 2 is 2.05 bits per heavy atom. The maximum Gasteiger partial charge on any atom is 0.292 e. The van der Waals surface area contributed by atoms with E-state index in [1.54, 1.807) is 12.1 Å². The van der Waals surface area contributed by atoms with E-state index in [-0.39, 0.29) is 11.1 Å². The first-order valence-corrected chi connectivity index (χ1v) is 6.36. The van der Waals surface area contributed by atoms with E-state index in [1.807, 2.05) is 27.7 Å². The highest BCUT2D eigenvalue weighted by Gasteiger charge is 2.18. The molecule has 1 aromatic rings. The van der Waals surface area contributed by atoms with Gasteiger partial charge in [-0.25, -0.2) is 0 Å². The standard InChI is InChI=1S/C14H22N2O3/c1-10-5-6-13(16(18)19)12(7-10)15-9-11(17)8-14(2,3)4/h5-7,11,15,17H,8-9H2,1-4H3. The summed E-state index contributed by atoms with van der Waals surface area (Å²) >= 11 is 0. The number of aliphatic hydroxyl groups excluding tert-OH is 1. The van der Waals surface area contributed by atoms with Crippen LogP contribution in [0.15, 0.2) is 18.2 Å². The van der Waals surface area contributed by atoms with Gasteiger partial charge in [0.1, 0.15) is 5.69 Å². The van der Waals surface area contributed by atoms with Crippen molar-refractivity contribution < 1.29 is 10.0 Å². The number of anilines is 1. The van der Waals surface area contributed by atoms with Gasteiger partial charge in [-0.15, -0.1) is 0 Å². The van der Waals surface area contributed by atoms with Crippen LogP contribution in [-0.4, -0.2) is 22.7 Å². The molecule has 0 radical (unpaired) electrons. The minimum atomic E-state index is -0.528. The number of nitro groups is 1. The fraction of sp³-hybridized carbons (Fsp3) is 0.571. The average Bonchev–Trinajstić information content (AvgIpc) is 2.23. The molecule has 5 heteroatoms. The van der Waals surface area contributed by atoms with Crippen LogP contribution in [-0.2, 0) is 0 Å². The number of aliphatic hydroxyl groups is 1. The summed E-state index contributed by atoms with van der Waals surface area (Å²) in [7, 11) is 0. The summed E-state index contributed by atoms with van der Waals surface area (Å²) in [6, 6.07) is 4.91. The second-order valence-electron chi connectivity index (χ2n) is 6.08. The molecule has 0 aliphatic heterocycles. The summed E-state index contributed by atoms with van der Waals surface area (Å²) in [6.45, 7) is 8.32. The number of nitro benzene ring substituents is 1. The highest BCUT2D eigenvalue weighted by Crippen LogP contribution is 2.26. The molecule has 0 heterocycles. The molecule has 0 fully saturated rings. The molecular formula is C14H22N2O3. The molecule has 19 heavy (non-hydrogen) atoms. The quantitative estimate of drug-likeness (QED) is 0.634. The summed E-state index contributed by atoms with van der Waals surface area (Å²) in [4.78, 5) is 10.5. The molecule has 0 aliphatic carbocycles. The van der Waals surface area contributed by atoms with E-state index in [4.69, 9.17) is 0 Å². The van der Waals surface area contributed by atoms with Gasteiger partial charge in [-0.1, -0.05) is 26.8 Å². The molecule has 1 unspecified atom stereocenters. The number of nitrogens with zero attached hydrogens (tertiary/aromatic N) is 1. The van der Waals surface area contributed by atoms with Crippen LogP contribution >= 0.6 is 0 Å². The van der Waals surface area contributed by atoms with E-state index in [0.29, 0.717) is 18.7 Å². The number of nitrogens with one attached hydrogen (secondary N) is 1. The van der Waals surface area contributed by atoms with E-state index in [2.05, 4.69) is 5.32 Å². The Kier molecular flexibility index (Phi) is 4.89. The van der Waals surface area contributed by atoms with Gasteiger partial charge in [0, 0.05) is 12.6 Å². The predicted octanol–water partition coefficient (Wildman–Crippen LogP) is 3.11. The zero-order valence-electron chi connectivity index (χ0n) is 11.9. The fourth-order valence-electron chi connectivity index (χ4n) is 1.96. The van der Waals surface area contributed by atoms with Crippen molar-refractivity contribution in [3.63, 3.8) is 0 Å². The Bertz CT molecular complexity index is 452. The molecule has 0 aromatic heterocycles. The first-order valence-electron chi connectivity index (χ1n) is 6.36. The third-order valence-corrected chi connectivity index (χ3v) is 2.72. The van der Waals surface area contributed by atoms with Crippen molar-refractivity contribution in [1.82, 2.24) is 0 Å². The average molecular weight is 266 g/mol. The predicted molar refractivity (Wildman–Crippen MR) is 76.4 cm³/mol. The lowest BCUT2D eigenvalue weighted by molar-refractivity contribution is -0.384. The maximum atomic E-state index is 10.9. The van der Waals surface area contributed by atoms with Crippen LogP contribution < -0.4 is 5.32 Å². The topological polar surface area (TPSA) is 75.4 Å². The number of hydrogen-bond acceptors (Lipinski definition) is 4. The van der Waals surface area contributed by atoms with Crippen LogP contribution in [0, 0.1) is 22.5 Å². The second kappa shape index (κ2) is 6.02. The molecule has 0 amide bonds. The fourth-order valence-corrected chi connectivity index (χ4v) is 1.96. The minimum Gasteiger partial charge on any atom is -0.391 e. The highest BCUT2D eigenvalue weighted by molar-refractivity contribution is 5.62. The Labute approximate surface area is 113 Å². The van der Waals surface area contributed by atoms with Crippen molar-refractivity contribution >= 4 is 11.4 Å². The van der Waals surface area contributed by atoms with Crippen LogP contribution in [0.2, 0.25) is 0 Å². The Balaban J connectivity index is 2.72. The highest BCUT2D eigenvalue weighted by atomic mass is 16.6. The molecule has 1 atom stereocenters. The largest absolute Gasteiger partial charge is 0.391 e. The van der Waals surface area contributed by atoms with Crippen molar-refractivity contribution in [2.75, 3.05) is 11.9 Å². The summed E-state index contributed by atoms with van der Waals surface area (Å²) in [5.41, 5.74) is 1.46. The molecule has 106 valence electrons. The van der Waals surface area contributed by atoms with Crippen molar-refractivity contribution in [2.45, 2.75) is 40.2 Å². The van der Waals surface area contributed by atoms with Gasteiger partial charge in [-0.3, -0.25) is 10.1 Å². The molecule has 0 spiro atoms. The first kappa shape index (κ1) is 15.4. The molecule has 5 nitrogen and oxygen atoms in total. The summed E-state index contributed by atoms with van der Waals surface area (Å²) in [5, 5.41) is 23.8. The van der Waals surface area contributed by atoms with Gasteiger partial charge in [-0.2, -0.15) is 0 Å². The summed E-state index contributed by atoms with van der Waals surface area (Å²) in [5.74, 6) is 0. The maximum absolute atomic E-state index is 10.9. The lowest BCUT2D eigenvalue weighted by Gasteiger charge is -2.22. The lowest BCUT2D eigenvalue weighted by Crippen LogP contribution is -2.25. The van der Waals surface area contributed by atoms with Crippen molar-refractivity contribution in [3.05, 3.63) is 33.9 Å². The van der Waals surface area contributed by atoms with E-state index < -0.39 is 11.0 Å². The Morgan fingerprint density at radius 1 is 1.42 bits per heavy atom. The van der Waals surface area contributed by atoms with E-state index in [9.17, 15) is 15.2 Å². The molecule has 1 rings (SSSR count). The summed E-state index contributed by atoms with van der Waals surface area (Å²) in [6.07, 6.45) is 0.111. The number of rotatable bonds is 5. The van der Waals surface area contributed by atoms with Gasteiger partial charge < -0.3 is 10.4 Å². The summed E-state index contributed by atoms with van der Waals surface area (Å²) < 4.78 is 0. The SMILES string of the molecule is Cc1ccc([N+](=O)[O-])c(NCC(O)CC(C)(C)C)c1. The zero-order valence-corrected chi connectivity index (χ0v) is 11.9. The molecule has 0 bridgehead atoms. The van der Waals surface area contributed by atoms with Gasteiger partial charge in [0.15, 0.2) is 0 Å². The van der Waals surface area contributed by atoms with Crippen LogP contribution in [0.1, 0.15) is 32.8 Å². The van der Waals surface area contributed by atoms with Crippen LogP contribution in [0.4, 0.5) is 11.4 Å². The first-order chi connectivity index (χ1) is 8.69. The van der Waals surface area contributed by atoms with Gasteiger partial charge in [0.05, 0.1) is 11.0 Å². The van der Waals surface area contributed by atoms with E-state index in [1.165, 1.54) is 6.07 Å². The smallest absolute Gasteiger partial charge is 0.292 e. The monoisotopic (exact) mass is 266 g/mol. The third kappa shape index (κ3) is 5.26. The minimum absolute atomic E-state index is 0.0274. The van der Waals surface area contributed by atoms with Gasteiger partial charge in [-0.05, 0) is 30.4 Å². The van der Waals surface area contributed by atoms with Gasteiger partial charge in [0.25, 0.3) is 5.69 Å². The Hall–Kier alpha value is -1.62. The molecule has 0 saturated heterocycles.